The van der Waals surface area contributed by atoms with E-state index in [-0.39, 0.29) is 38.5 Å². The van der Waals surface area contributed by atoms with E-state index < -0.39 is 17.5 Å². The topological polar surface area (TPSA) is 65.4 Å². The summed E-state index contributed by atoms with van der Waals surface area (Å²) in [6.45, 7) is 0. The normalized spacial score (nSPS) is 13.1. The lowest BCUT2D eigenvalue weighted by molar-refractivity contribution is 0.101. The van der Waals surface area contributed by atoms with Gasteiger partial charge in [0.15, 0.2) is 5.88 Å². The highest BCUT2D eigenvalue weighted by atomic mass is 35.5. The van der Waals surface area contributed by atoms with Crippen LogP contribution in [-0.2, 0) is 0 Å². The number of aliphatic imine (C=N–C) groups is 1. The number of nitrogens with zero attached hydrogens (tertiary/aromatic N) is 1. The van der Waals surface area contributed by atoms with Gasteiger partial charge in [0.25, 0.3) is 5.91 Å². The third kappa shape index (κ3) is 2.50. The summed E-state index contributed by atoms with van der Waals surface area (Å²) in [7, 11) is 0. The average Bonchev–Trinajstić information content (AvgIpc) is 3.07. The molecule has 2 heterocycles. The van der Waals surface area contributed by atoms with Crippen LogP contribution in [0.15, 0.2) is 41.4 Å². The number of benzene rings is 2. The smallest absolute Gasteiger partial charge is 0.280 e. The van der Waals surface area contributed by atoms with Gasteiger partial charge in [0.1, 0.15) is 11.6 Å². The van der Waals surface area contributed by atoms with Crippen molar-refractivity contribution in [2.24, 2.45) is 4.99 Å². The van der Waals surface area contributed by atoms with Gasteiger partial charge in [0.2, 0.25) is 0 Å². The maximum Gasteiger partial charge on any atom is 0.280 e. The number of carbonyl (C=O) groups is 1. The molecule has 8 heteroatoms. The maximum atomic E-state index is 13.3. The molecule has 26 heavy (non-hydrogen) atoms. The number of hydrogen-bond acceptors (Lipinski definition) is 2. The number of aromatic nitrogens is 1. The molecule has 0 fully saturated rings. The number of halogens is 4. The average molecular weight is 393 g/mol. The molecule has 1 aromatic heterocycles. The molecule has 0 radical (unpaired) electrons. The molecule has 1 amide bonds. The van der Waals surface area contributed by atoms with E-state index in [9.17, 15) is 18.7 Å². The third-order valence-corrected chi connectivity index (χ3v) is 4.66. The second kappa shape index (κ2) is 5.93. The second-order valence-corrected chi connectivity index (χ2v) is 6.43. The van der Waals surface area contributed by atoms with Crippen molar-refractivity contribution in [1.82, 2.24) is 4.98 Å². The van der Waals surface area contributed by atoms with E-state index in [4.69, 9.17) is 23.2 Å². The summed E-state index contributed by atoms with van der Waals surface area (Å²) in [6.07, 6.45) is 0. The minimum atomic E-state index is -0.623. The van der Waals surface area contributed by atoms with E-state index in [1.165, 1.54) is 24.3 Å². The quantitative estimate of drug-likeness (QED) is 0.646. The number of fused-ring (bicyclic) bond motifs is 1. The van der Waals surface area contributed by atoms with Crippen LogP contribution in [0.5, 0.6) is 5.88 Å². The molecule has 0 atom stereocenters. The van der Waals surface area contributed by atoms with Crippen molar-refractivity contribution in [3.63, 3.8) is 0 Å². The molecule has 0 unspecified atom stereocenters. The summed E-state index contributed by atoms with van der Waals surface area (Å²) in [5.74, 6) is -2.02. The van der Waals surface area contributed by atoms with Gasteiger partial charge >= 0.3 is 0 Å². The molecule has 130 valence electrons. The summed E-state index contributed by atoms with van der Waals surface area (Å²) in [6, 6.07) is 7.30. The van der Waals surface area contributed by atoms with Gasteiger partial charge in [-0.3, -0.25) is 4.79 Å². The fraction of sp³-hybridized carbons (Fsp3) is 0. The second-order valence-electron chi connectivity index (χ2n) is 5.61. The monoisotopic (exact) mass is 392 g/mol. The Balaban J connectivity index is 1.92. The first-order chi connectivity index (χ1) is 12.4. The summed E-state index contributed by atoms with van der Waals surface area (Å²) >= 11 is 12.1. The van der Waals surface area contributed by atoms with Gasteiger partial charge in [-0.15, -0.1) is 0 Å². The molecule has 2 aromatic carbocycles. The highest BCUT2D eigenvalue weighted by Crippen LogP contribution is 2.41. The lowest BCUT2D eigenvalue weighted by atomic mass is 10.00. The predicted octanol–water partition coefficient (Wildman–Crippen LogP) is 4.96. The van der Waals surface area contributed by atoms with Crippen LogP contribution in [0.25, 0.3) is 11.3 Å². The Bertz CT molecular complexity index is 1120. The lowest BCUT2D eigenvalue weighted by Gasteiger charge is -2.04. The predicted molar refractivity (Wildman–Crippen MR) is 94.2 cm³/mol. The molecule has 0 saturated carbocycles. The molecular formula is C18H8Cl2F2N2O2. The maximum absolute atomic E-state index is 13.3. The number of hydrogen-bond donors (Lipinski definition) is 2. The van der Waals surface area contributed by atoms with Crippen LogP contribution in [-0.4, -0.2) is 21.7 Å². The molecular weight excluding hydrogens is 385 g/mol. The number of rotatable bonds is 2. The Hall–Kier alpha value is -2.70. The zero-order valence-corrected chi connectivity index (χ0v) is 14.3. The van der Waals surface area contributed by atoms with Gasteiger partial charge in [-0.1, -0.05) is 23.2 Å². The molecule has 1 aliphatic rings. The van der Waals surface area contributed by atoms with Crippen LogP contribution >= 0.6 is 23.2 Å². The number of aromatic hydroxyl groups is 1. The number of H-pyrrole nitrogens is 1. The summed E-state index contributed by atoms with van der Waals surface area (Å²) < 4.78 is 26.6. The van der Waals surface area contributed by atoms with Crippen LogP contribution < -0.4 is 0 Å². The Morgan fingerprint density at radius 1 is 0.923 bits per heavy atom. The number of nitrogens with one attached hydrogen (secondary N) is 1. The van der Waals surface area contributed by atoms with Crippen molar-refractivity contribution in [2.75, 3.05) is 0 Å². The SMILES string of the molecule is O=C1N=C(c2ccc(F)cc2Cl)c2c(O)[nH]c(-c3ccc(F)cc3Cl)c21. The fourth-order valence-corrected chi connectivity index (χ4v) is 3.43. The van der Waals surface area contributed by atoms with Crippen molar-refractivity contribution in [1.29, 1.82) is 0 Å². The van der Waals surface area contributed by atoms with Crippen LogP contribution in [0.3, 0.4) is 0 Å². The molecule has 4 rings (SSSR count). The van der Waals surface area contributed by atoms with Crippen LogP contribution in [0.1, 0.15) is 21.5 Å². The van der Waals surface area contributed by atoms with Crippen molar-refractivity contribution >= 4 is 34.8 Å². The Labute approximate surface area is 155 Å². The Kier molecular flexibility index (Phi) is 3.82. The van der Waals surface area contributed by atoms with Crippen molar-refractivity contribution in [2.45, 2.75) is 0 Å². The van der Waals surface area contributed by atoms with E-state index in [2.05, 4.69) is 9.98 Å². The highest BCUT2D eigenvalue weighted by Gasteiger charge is 2.34. The number of aromatic amines is 1. The van der Waals surface area contributed by atoms with Crippen molar-refractivity contribution in [3.8, 4) is 17.1 Å². The fourth-order valence-electron chi connectivity index (χ4n) is 2.92. The van der Waals surface area contributed by atoms with Crippen molar-refractivity contribution < 1.29 is 18.7 Å². The van der Waals surface area contributed by atoms with Crippen LogP contribution in [0.4, 0.5) is 8.78 Å². The molecule has 0 saturated heterocycles. The number of amides is 1. The first kappa shape index (κ1) is 16.8. The standard InChI is InChI=1S/C18H8Cl2F2N2O2/c19-11-5-7(21)1-3-9(11)15-13-14(18(26)23-15)16(24-17(13)25)10-4-2-8(22)6-12(10)20/h1-6,23,26H. The zero-order valence-electron chi connectivity index (χ0n) is 12.8. The summed E-state index contributed by atoms with van der Waals surface area (Å²) in [4.78, 5) is 19.1. The molecule has 0 bridgehead atoms. The van der Waals surface area contributed by atoms with Crippen LogP contribution in [0, 0.1) is 11.6 Å². The zero-order chi connectivity index (χ0) is 18.6. The van der Waals surface area contributed by atoms with E-state index in [0.717, 1.165) is 12.1 Å². The minimum absolute atomic E-state index is 0.0476. The Morgan fingerprint density at radius 2 is 1.50 bits per heavy atom. The Morgan fingerprint density at radius 3 is 2.08 bits per heavy atom. The molecule has 0 spiro atoms. The van der Waals surface area contributed by atoms with E-state index in [1.807, 2.05) is 0 Å². The van der Waals surface area contributed by atoms with Gasteiger partial charge in [0, 0.05) is 11.1 Å². The summed E-state index contributed by atoms with van der Waals surface area (Å²) in [5, 5.41) is 10.4. The van der Waals surface area contributed by atoms with Gasteiger partial charge in [-0.2, -0.15) is 0 Å². The first-order valence-corrected chi connectivity index (χ1v) is 8.11. The largest absolute Gasteiger partial charge is 0.494 e. The summed E-state index contributed by atoms with van der Waals surface area (Å²) in [5.41, 5.74) is 1.19. The van der Waals surface area contributed by atoms with Gasteiger partial charge in [-0.05, 0) is 36.4 Å². The van der Waals surface area contributed by atoms with E-state index in [0.29, 0.717) is 11.1 Å². The lowest BCUT2D eigenvalue weighted by Crippen LogP contribution is -2.01. The first-order valence-electron chi connectivity index (χ1n) is 7.36. The third-order valence-electron chi connectivity index (χ3n) is 4.03. The minimum Gasteiger partial charge on any atom is -0.494 e. The molecule has 1 aliphatic heterocycles. The molecule has 0 aliphatic carbocycles. The van der Waals surface area contributed by atoms with Crippen LogP contribution in [0.2, 0.25) is 10.0 Å². The van der Waals surface area contributed by atoms with E-state index in [1.54, 1.807) is 0 Å². The molecule has 2 N–H and O–H groups in total. The van der Waals surface area contributed by atoms with Gasteiger partial charge in [-0.25, -0.2) is 13.8 Å². The van der Waals surface area contributed by atoms with Crippen molar-refractivity contribution in [3.05, 3.63) is 74.8 Å². The number of carbonyl (C=O) groups excluding carboxylic acids is 1. The highest BCUT2D eigenvalue weighted by molar-refractivity contribution is 6.39. The molecule has 4 nitrogen and oxygen atoms in total. The van der Waals surface area contributed by atoms with E-state index >= 15 is 0 Å². The van der Waals surface area contributed by atoms with Gasteiger partial charge in [0.05, 0.1) is 32.6 Å². The molecule has 3 aromatic rings. The van der Waals surface area contributed by atoms with Gasteiger partial charge < -0.3 is 10.1 Å².